The van der Waals surface area contributed by atoms with Crippen LogP contribution in [0.25, 0.3) is 0 Å². The van der Waals surface area contributed by atoms with Gasteiger partial charge in [0.25, 0.3) is 0 Å². The number of Topliss-reactive ketones (excluding diaryl/α,β-unsaturated/α-hetero) is 2. The summed E-state index contributed by atoms with van der Waals surface area (Å²) in [5, 5.41) is 9.75. The van der Waals surface area contributed by atoms with Gasteiger partial charge in [-0.3, -0.25) is 9.59 Å². The Morgan fingerprint density at radius 3 is 2.57 bits per heavy atom. The quantitative estimate of drug-likeness (QED) is 0.509. The predicted molar refractivity (Wildman–Crippen MR) is 111 cm³/mol. The van der Waals surface area contributed by atoms with Crippen molar-refractivity contribution < 1.29 is 29.0 Å². The van der Waals surface area contributed by atoms with Crippen LogP contribution in [-0.2, 0) is 23.9 Å². The van der Waals surface area contributed by atoms with Crippen LogP contribution in [0.5, 0.6) is 0 Å². The number of ketones is 2. The number of fused-ring (bicyclic) bond motifs is 3. The van der Waals surface area contributed by atoms with Gasteiger partial charge in [-0.05, 0) is 31.9 Å². The number of halogens is 1. The van der Waals surface area contributed by atoms with Crippen LogP contribution < -0.4 is 0 Å². The standard InChI is InChI=1S/C23H25ClO6/c1-6-11(2)7-8-14-9-15-16(10-29-14)18-17(20(26)12(3)13(4)25)22(28)30-23(18,5)21(27)19(15)24/h7-13,25H,6H2,1-5H3/b8-7+/t11-,12-,13-,23+/m0/s1. The van der Waals surface area contributed by atoms with Crippen molar-refractivity contribution in [3.8, 4) is 0 Å². The number of carbonyl (C=O) groups excluding carboxylic acids is 3. The SMILES string of the molecule is CC[C@H](C)/C=C/C1=CC2=C(Cl)C(=O)[C@]3(C)OC(=O)C(C(=O)[C@@H](C)[C@H](C)O)=C3C2=CO1. The molecular formula is C23H25ClO6. The molecule has 0 aromatic heterocycles. The van der Waals surface area contributed by atoms with Crippen molar-refractivity contribution in [2.24, 2.45) is 11.8 Å². The predicted octanol–water partition coefficient (Wildman–Crippen LogP) is 3.66. The zero-order valence-corrected chi connectivity index (χ0v) is 18.4. The summed E-state index contributed by atoms with van der Waals surface area (Å²) in [7, 11) is 0. The molecular weight excluding hydrogens is 408 g/mol. The number of hydrogen-bond donors (Lipinski definition) is 1. The lowest BCUT2D eigenvalue weighted by Crippen LogP contribution is -2.42. The molecule has 3 rings (SSSR count). The van der Waals surface area contributed by atoms with Gasteiger partial charge < -0.3 is 14.6 Å². The second-order valence-corrected chi connectivity index (χ2v) is 8.44. The maximum absolute atomic E-state index is 13.0. The van der Waals surface area contributed by atoms with Crippen LogP contribution >= 0.6 is 11.6 Å². The molecule has 0 unspecified atom stereocenters. The Bertz CT molecular complexity index is 978. The van der Waals surface area contributed by atoms with Crippen LogP contribution in [0.2, 0.25) is 0 Å². The Morgan fingerprint density at radius 1 is 1.30 bits per heavy atom. The van der Waals surface area contributed by atoms with E-state index in [1.54, 1.807) is 12.2 Å². The molecule has 0 aromatic rings. The molecule has 1 N–H and O–H groups in total. The molecule has 30 heavy (non-hydrogen) atoms. The van der Waals surface area contributed by atoms with E-state index in [0.29, 0.717) is 22.8 Å². The Labute approximate surface area is 180 Å². The van der Waals surface area contributed by atoms with E-state index in [2.05, 4.69) is 13.8 Å². The minimum atomic E-state index is -1.71. The second-order valence-electron chi connectivity index (χ2n) is 8.06. The van der Waals surface area contributed by atoms with Crippen molar-refractivity contribution in [2.75, 3.05) is 0 Å². The first-order valence-electron chi connectivity index (χ1n) is 9.95. The zero-order chi connectivity index (χ0) is 22.4. The highest BCUT2D eigenvalue weighted by Gasteiger charge is 2.57. The summed E-state index contributed by atoms with van der Waals surface area (Å²) in [6, 6.07) is 0. The summed E-state index contributed by atoms with van der Waals surface area (Å²) < 4.78 is 11.1. The average Bonchev–Trinajstić information content (AvgIpc) is 3.00. The maximum Gasteiger partial charge on any atom is 0.343 e. The van der Waals surface area contributed by atoms with Gasteiger partial charge in [0.2, 0.25) is 5.78 Å². The molecule has 4 atom stereocenters. The molecule has 0 saturated carbocycles. The maximum atomic E-state index is 13.0. The molecule has 0 spiro atoms. The molecule has 2 heterocycles. The van der Waals surface area contributed by atoms with Crippen molar-refractivity contribution in [3.05, 3.63) is 57.6 Å². The summed E-state index contributed by atoms with van der Waals surface area (Å²) in [4.78, 5) is 38.6. The fourth-order valence-corrected chi connectivity index (χ4v) is 3.82. The van der Waals surface area contributed by atoms with Crippen LogP contribution in [0.1, 0.15) is 41.0 Å². The summed E-state index contributed by atoms with van der Waals surface area (Å²) >= 11 is 6.37. The number of aliphatic hydroxyl groups excluding tert-OH is 1. The van der Waals surface area contributed by atoms with Crippen LogP contribution in [-0.4, -0.2) is 34.3 Å². The molecule has 0 aromatic carbocycles. The molecule has 0 amide bonds. The Kier molecular flexibility index (Phi) is 5.94. The van der Waals surface area contributed by atoms with Gasteiger partial charge in [0.05, 0.1) is 17.4 Å². The number of hydrogen-bond acceptors (Lipinski definition) is 6. The van der Waals surface area contributed by atoms with Crippen LogP contribution in [0.3, 0.4) is 0 Å². The molecule has 0 bridgehead atoms. The summed E-state index contributed by atoms with van der Waals surface area (Å²) in [6.45, 7) is 8.53. The van der Waals surface area contributed by atoms with Crippen molar-refractivity contribution >= 4 is 29.1 Å². The van der Waals surface area contributed by atoms with Gasteiger partial charge >= 0.3 is 5.97 Å². The molecule has 2 aliphatic heterocycles. The number of rotatable bonds is 6. The molecule has 0 fully saturated rings. The van der Waals surface area contributed by atoms with Gasteiger partial charge in [-0.2, -0.15) is 0 Å². The Hall–Kier alpha value is -2.44. The third kappa shape index (κ3) is 3.48. The van der Waals surface area contributed by atoms with Crippen molar-refractivity contribution in [2.45, 2.75) is 52.7 Å². The fourth-order valence-electron chi connectivity index (χ4n) is 3.48. The first-order chi connectivity index (χ1) is 14.0. The largest absolute Gasteiger partial charge is 0.464 e. The molecule has 6 nitrogen and oxygen atoms in total. The van der Waals surface area contributed by atoms with Crippen molar-refractivity contribution in [1.82, 2.24) is 0 Å². The van der Waals surface area contributed by atoms with E-state index in [0.717, 1.165) is 6.42 Å². The van der Waals surface area contributed by atoms with Crippen molar-refractivity contribution in [3.63, 3.8) is 0 Å². The van der Waals surface area contributed by atoms with Gasteiger partial charge in [0.15, 0.2) is 11.4 Å². The third-order valence-corrected chi connectivity index (χ3v) is 6.25. The van der Waals surface area contributed by atoms with Gasteiger partial charge in [-0.25, -0.2) is 4.79 Å². The summed E-state index contributed by atoms with van der Waals surface area (Å²) in [6.07, 6.45) is 6.76. The average molecular weight is 433 g/mol. The lowest BCUT2D eigenvalue weighted by atomic mass is 9.74. The van der Waals surface area contributed by atoms with Gasteiger partial charge in [-0.1, -0.05) is 44.9 Å². The number of ether oxygens (including phenoxy) is 2. The lowest BCUT2D eigenvalue weighted by Gasteiger charge is -2.33. The molecule has 3 aliphatic rings. The summed E-state index contributed by atoms with van der Waals surface area (Å²) in [5.41, 5.74) is -1.10. The first-order valence-corrected chi connectivity index (χ1v) is 10.3. The minimum Gasteiger partial charge on any atom is -0.464 e. The highest BCUT2D eigenvalue weighted by atomic mass is 35.5. The highest BCUT2D eigenvalue weighted by Crippen LogP contribution is 2.49. The number of allylic oxidation sites excluding steroid dienone is 4. The van der Waals surface area contributed by atoms with E-state index >= 15 is 0 Å². The van der Waals surface area contributed by atoms with Gasteiger partial charge in [0.1, 0.15) is 11.3 Å². The highest BCUT2D eigenvalue weighted by molar-refractivity contribution is 6.46. The number of aliphatic hydroxyl groups is 1. The van der Waals surface area contributed by atoms with Crippen molar-refractivity contribution in [1.29, 1.82) is 0 Å². The Morgan fingerprint density at radius 2 is 1.97 bits per heavy atom. The molecule has 160 valence electrons. The second kappa shape index (κ2) is 8.00. The van der Waals surface area contributed by atoms with E-state index in [9.17, 15) is 19.5 Å². The van der Waals surface area contributed by atoms with Crippen LogP contribution in [0.15, 0.2) is 57.6 Å². The Balaban J connectivity index is 2.15. The molecule has 7 heteroatoms. The minimum absolute atomic E-state index is 0.0877. The normalized spacial score (nSPS) is 26.5. The smallest absolute Gasteiger partial charge is 0.343 e. The zero-order valence-electron chi connectivity index (χ0n) is 17.6. The monoisotopic (exact) mass is 432 g/mol. The molecule has 0 saturated heterocycles. The lowest BCUT2D eigenvalue weighted by molar-refractivity contribution is -0.153. The van der Waals surface area contributed by atoms with Gasteiger partial charge in [-0.15, -0.1) is 0 Å². The topological polar surface area (TPSA) is 89.9 Å². The van der Waals surface area contributed by atoms with E-state index in [-0.39, 0.29) is 16.2 Å². The van der Waals surface area contributed by atoms with E-state index in [4.69, 9.17) is 21.1 Å². The molecule has 1 aliphatic carbocycles. The fraction of sp³-hybridized carbons (Fsp3) is 0.435. The van der Waals surface area contributed by atoms with E-state index in [1.165, 1.54) is 27.0 Å². The number of esters is 1. The molecule has 0 radical (unpaired) electrons. The van der Waals surface area contributed by atoms with E-state index in [1.807, 2.05) is 6.08 Å². The van der Waals surface area contributed by atoms with Gasteiger partial charge in [0, 0.05) is 22.6 Å². The third-order valence-electron chi connectivity index (χ3n) is 5.87. The first kappa shape index (κ1) is 22.2. The van der Waals surface area contributed by atoms with Crippen LogP contribution in [0, 0.1) is 11.8 Å². The summed E-state index contributed by atoms with van der Waals surface area (Å²) in [5.74, 6) is -2.12. The van der Waals surface area contributed by atoms with E-state index < -0.39 is 35.2 Å². The number of carbonyl (C=O) groups is 3. The van der Waals surface area contributed by atoms with Crippen LogP contribution in [0.4, 0.5) is 0 Å².